The van der Waals surface area contributed by atoms with Crippen molar-refractivity contribution in [1.29, 1.82) is 5.26 Å². The van der Waals surface area contributed by atoms with Gasteiger partial charge in [0.25, 0.3) is 0 Å². The van der Waals surface area contributed by atoms with Crippen molar-refractivity contribution >= 4 is 12.4 Å². The highest BCUT2D eigenvalue weighted by Crippen LogP contribution is 2.19. The fraction of sp³-hybridized carbons (Fsp3) is 0.231. The summed E-state index contributed by atoms with van der Waals surface area (Å²) in [6, 6.07) is 7.38. The quantitative estimate of drug-likeness (QED) is 0.709. The Morgan fingerprint density at radius 1 is 1.50 bits per heavy atom. The van der Waals surface area contributed by atoms with Crippen LogP contribution in [0.1, 0.15) is 29.3 Å². The van der Waals surface area contributed by atoms with Crippen LogP contribution in [0.25, 0.3) is 6.08 Å². The van der Waals surface area contributed by atoms with Gasteiger partial charge in [-0.25, -0.2) is 0 Å². The first-order valence-electron chi connectivity index (χ1n) is 5.07. The summed E-state index contributed by atoms with van der Waals surface area (Å²) in [6.45, 7) is 2.40. The number of hydrogen-bond acceptors (Lipinski definition) is 3. The van der Waals surface area contributed by atoms with Gasteiger partial charge in [-0.3, -0.25) is 4.79 Å². The molecule has 0 amide bonds. The van der Waals surface area contributed by atoms with Crippen LogP contribution < -0.4 is 4.74 Å². The Morgan fingerprint density at radius 3 is 2.94 bits per heavy atom. The van der Waals surface area contributed by atoms with Gasteiger partial charge in [0.2, 0.25) is 0 Å². The van der Waals surface area contributed by atoms with Gasteiger partial charge in [0, 0.05) is 0 Å². The Bertz CT molecular complexity index is 430. The zero-order valence-electron chi connectivity index (χ0n) is 9.14. The van der Waals surface area contributed by atoms with Gasteiger partial charge in [-0.2, -0.15) is 5.26 Å². The molecule has 1 aromatic carbocycles. The minimum Gasteiger partial charge on any atom is -0.493 e. The zero-order chi connectivity index (χ0) is 11.8. The number of rotatable bonds is 5. The fourth-order valence-corrected chi connectivity index (χ4v) is 1.30. The molecule has 82 valence electrons. The normalized spacial score (nSPS) is 10.0. The van der Waals surface area contributed by atoms with Gasteiger partial charge in [0.15, 0.2) is 6.29 Å². The number of nitriles is 1. The monoisotopic (exact) mass is 215 g/mol. The molecular formula is C13H13NO2. The third-order valence-electron chi connectivity index (χ3n) is 1.98. The Kier molecular flexibility index (Phi) is 4.81. The summed E-state index contributed by atoms with van der Waals surface area (Å²) in [7, 11) is 0. The molecule has 1 aromatic rings. The molecule has 3 nitrogen and oxygen atoms in total. The van der Waals surface area contributed by atoms with E-state index in [2.05, 4.69) is 0 Å². The average Bonchev–Trinajstić information content (AvgIpc) is 2.31. The number of ether oxygens (including phenoxy) is 1. The molecule has 0 atom stereocenters. The van der Waals surface area contributed by atoms with Crippen molar-refractivity contribution in [3.63, 3.8) is 0 Å². The van der Waals surface area contributed by atoms with Crippen molar-refractivity contribution in [3.05, 3.63) is 35.4 Å². The van der Waals surface area contributed by atoms with Gasteiger partial charge < -0.3 is 4.74 Å². The standard InChI is InChI=1S/C13H13NO2/c1-2-16-13-7-6-11(5-3-4-8-14)9-12(13)10-15/h3,5-7,9-10H,2,4H2,1H3. The fourth-order valence-electron chi connectivity index (χ4n) is 1.30. The second kappa shape index (κ2) is 6.41. The van der Waals surface area contributed by atoms with Gasteiger partial charge in [-0.15, -0.1) is 0 Å². The molecule has 0 spiro atoms. The van der Waals surface area contributed by atoms with Crippen molar-refractivity contribution in [1.82, 2.24) is 0 Å². The van der Waals surface area contributed by atoms with Crippen LogP contribution in [0.2, 0.25) is 0 Å². The van der Waals surface area contributed by atoms with Crippen molar-refractivity contribution in [2.75, 3.05) is 6.61 Å². The summed E-state index contributed by atoms with van der Waals surface area (Å²) in [4.78, 5) is 10.8. The van der Waals surface area contributed by atoms with E-state index in [1.165, 1.54) is 0 Å². The first kappa shape index (κ1) is 12.0. The second-order valence-corrected chi connectivity index (χ2v) is 3.11. The summed E-state index contributed by atoms with van der Waals surface area (Å²) in [5.74, 6) is 0.593. The van der Waals surface area contributed by atoms with Gasteiger partial charge >= 0.3 is 0 Å². The van der Waals surface area contributed by atoms with E-state index in [4.69, 9.17) is 10.00 Å². The molecule has 0 saturated carbocycles. The second-order valence-electron chi connectivity index (χ2n) is 3.11. The maximum Gasteiger partial charge on any atom is 0.153 e. The van der Waals surface area contributed by atoms with Crippen LogP contribution in [0.15, 0.2) is 24.3 Å². The van der Waals surface area contributed by atoms with Crippen LogP contribution in [0.3, 0.4) is 0 Å². The zero-order valence-corrected chi connectivity index (χ0v) is 9.14. The molecule has 1 rings (SSSR count). The number of carbonyl (C=O) groups is 1. The molecule has 3 heteroatoms. The van der Waals surface area contributed by atoms with Gasteiger partial charge in [0.1, 0.15) is 5.75 Å². The first-order chi connectivity index (χ1) is 7.81. The summed E-state index contributed by atoms with van der Waals surface area (Å²) < 4.78 is 5.30. The van der Waals surface area contributed by atoms with E-state index in [1.807, 2.05) is 25.1 Å². The van der Waals surface area contributed by atoms with Crippen LogP contribution >= 0.6 is 0 Å². The van der Waals surface area contributed by atoms with Gasteiger partial charge in [0.05, 0.1) is 24.7 Å². The lowest BCUT2D eigenvalue weighted by Crippen LogP contribution is -1.96. The predicted molar refractivity (Wildman–Crippen MR) is 62.3 cm³/mol. The molecule has 0 bridgehead atoms. The number of carbonyl (C=O) groups excluding carboxylic acids is 1. The summed E-state index contributed by atoms with van der Waals surface area (Å²) in [5, 5.41) is 8.38. The van der Waals surface area contributed by atoms with Crippen molar-refractivity contribution in [2.45, 2.75) is 13.3 Å². The lowest BCUT2D eigenvalue weighted by atomic mass is 10.1. The first-order valence-corrected chi connectivity index (χ1v) is 5.07. The number of nitrogens with zero attached hydrogens (tertiary/aromatic N) is 1. The molecule has 0 unspecified atom stereocenters. The lowest BCUT2D eigenvalue weighted by Gasteiger charge is -2.06. The molecule has 0 aromatic heterocycles. The average molecular weight is 215 g/mol. The van der Waals surface area contributed by atoms with Crippen molar-refractivity contribution < 1.29 is 9.53 Å². The number of aldehydes is 1. The summed E-state index contributed by atoms with van der Waals surface area (Å²) >= 11 is 0. The third-order valence-corrected chi connectivity index (χ3v) is 1.98. The molecule has 0 aliphatic carbocycles. The smallest absolute Gasteiger partial charge is 0.153 e. The number of benzene rings is 1. The highest BCUT2D eigenvalue weighted by molar-refractivity contribution is 5.80. The maximum atomic E-state index is 10.8. The minimum absolute atomic E-state index is 0.365. The summed E-state index contributed by atoms with van der Waals surface area (Å²) in [6.07, 6.45) is 4.70. The Hall–Kier alpha value is -2.08. The van der Waals surface area contributed by atoms with E-state index in [0.717, 1.165) is 11.8 Å². The molecule has 0 saturated heterocycles. The molecule has 0 fully saturated rings. The van der Waals surface area contributed by atoms with Gasteiger partial charge in [-0.1, -0.05) is 18.2 Å². The van der Waals surface area contributed by atoms with Gasteiger partial charge in [-0.05, 0) is 24.6 Å². The molecule has 0 radical (unpaired) electrons. The highest BCUT2D eigenvalue weighted by Gasteiger charge is 2.02. The third kappa shape index (κ3) is 3.25. The topological polar surface area (TPSA) is 50.1 Å². The highest BCUT2D eigenvalue weighted by atomic mass is 16.5. The van der Waals surface area contributed by atoms with Crippen LogP contribution in [-0.4, -0.2) is 12.9 Å². The molecule has 0 heterocycles. The largest absolute Gasteiger partial charge is 0.493 e. The van der Waals surface area contributed by atoms with Crippen LogP contribution in [-0.2, 0) is 0 Å². The van der Waals surface area contributed by atoms with Crippen molar-refractivity contribution in [2.24, 2.45) is 0 Å². The predicted octanol–water partition coefficient (Wildman–Crippen LogP) is 2.82. The molecular weight excluding hydrogens is 202 g/mol. The van der Waals surface area contributed by atoms with E-state index in [-0.39, 0.29) is 0 Å². The maximum absolute atomic E-state index is 10.8. The van der Waals surface area contributed by atoms with Crippen molar-refractivity contribution in [3.8, 4) is 11.8 Å². The van der Waals surface area contributed by atoms with Crippen LogP contribution in [0.5, 0.6) is 5.75 Å². The minimum atomic E-state index is 0.365. The Morgan fingerprint density at radius 2 is 2.31 bits per heavy atom. The van der Waals surface area contributed by atoms with E-state index in [9.17, 15) is 4.79 Å². The number of hydrogen-bond donors (Lipinski definition) is 0. The Labute approximate surface area is 95.0 Å². The SMILES string of the molecule is CCOc1ccc(C=CCC#N)cc1C=O. The number of allylic oxidation sites excluding steroid dienone is 1. The summed E-state index contributed by atoms with van der Waals surface area (Å²) in [5.41, 5.74) is 1.42. The van der Waals surface area contributed by atoms with E-state index in [0.29, 0.717) is 24.3 Å². The Balaban J connectivity index is 2.91. The molecule has 0 N–H and O–H groups in total. The molecule has 0 aliphatic rings. The molecule has 0 aliphatic heterocycles. The molecule has 16 heavy (non-hydrogen) atoms. The van der Waals surface area contributed by atoms with E-state index in [1.54, 1.807) is 18.2 Å². The van der Waals surface area contributed by atoms with E-state index >= 15 is 0 Å². The lowest BCUT2D eigenvalue weighted by molar-refractivity contribution is 0.112. The van der Waals surface area contributed by atoms with Crippen LogP contribution in [0, 0.1) is 11.3 Å². The van der Waals surface area contributed by atoms with Crippen LogP contribution in [0.4, 0.5) is 0 Å². The van der Waals surface area contributed by atoms with E-state index < -0.39 is 0 Å².